The third kappa shape index (κ3) is 6.98. The van der Waals surface area contributed by atoms with Crippen LogP contribution < -0.4 is 10.5 Å². The number of ether oxygens (including phenoxy) is 2. The maximum Gasteiger partial charge on any atom is 0.313 e. The molecule has 1 saturated heterocycles. The molecule has 1 aliphatic rings. The zero-order valence-electron chi connectivity index (χ0n) is 26.7. The van der Waals surface area contributed by atoms with Gasteiger partial charge in [0.2, 0.25) is 5.91 Å². The summed E-state index contributed by atoms with van der Waals surface area (Å²) in [5.74, 6) is 0.747. The van der Waals surface area contributed by atoms with Gasteiger partial charge in [-0.1, -0.05) is 23.4 Å². The van der Waals surface area contributed by atoms with Gasteiger partial charge < -0.3 is 29.6 Å². The quantitative estimate of drug-likeness (QED) is 0.207. The van der Waals surface area contributed by atoms with Crippen LogP contribution >= 0.6 is 0 Å². The van der Waals surface area contributed by atoms with Crippen LogP contribution in [0.1, 0.15) is 44.6 Å². The summed E-state index contributed by atoms with van der Waals surface area (Å²) < 4.78 is 15.1. The number of likely N-dealkylation sites (N-methyl/N-ethyl adjacent to an activating group) is 1. The highest BCUT2D eigenvalue weighted by molar-refractivity contribution is 6.02. The smallest absolute Gasteiger partial charge is 0.313 e. The molecule has 238 valence electrons. The predicted molar refractivity (Wildman–Crippen MR) is 170 cm³/mol. The number of esters is 1. The molecule has 5 rings (SSSR count). The second-order valence-corrected chi connectivity index (χ2v) is 12.5. The molecule has 0 bridgehead atoms. The Morgan fingerprint density at radius 2 is 1.91 bits per heavy atom. The number of fused-ring (bicyclic) bond motifs is 1. The van der Waals surface area contributed by atoms with Crippen LogP contribution in [0.3, 0.4) is 0 Å². The molecule has 2 N–H and O–H groups in total. The van der Waals surface area contributed by atoms with E-state index in [1.807, 2.05) is 54.2 Å². The summed E-state index contributed by atoms with van der Waals surface area (Å²) in [5.41, 5.74) is 10.2. The van der Waals surface area contributed by atoms with Crippen molar-refractivity contribution in [3.63, 3.8) is 0 Å². The third-order valence-corrected chi connectivity index (χ3v) is 7.79. The summed E-state index contributed by atoms with van der Waals surface area (Å²) in [4.78, 5) is 37.8. The number of nitrogens with zero attached hydrogens (tertiary/aromatic N) is 8. The van der Waals surface area contributed by atoms with Crippen molar-refractivity contribution < 1.29 is 19.1 Å². The van der Waals surface area contributed by atoms with E-state index in [-0.39, 0.29) is 31.3 Å². The van der Waals surface area contributed by atoms with Crippen molar-refractivity contribution >= 4 is 28.7 Å². The molecule has 1 amide bonds. The molecule has 0 unspecified atom stereocenters. The van der Waals surface area contributed by atoms with Gasteiger partial charge in [0, 0.05) is 37.0 Å². The van der Waals surface area contributed by atoms with Crippen molar-refractivity contribution in [1.29, 1.82) is 0 Å². The van der Waals surface area contributed by atoms with Crippen LogP contribution in [-0.4, -0.2) is 84.9 Å². The minimum Gasteiger partial charge on any atom is -0.487 e. The Kier molecular flexibility index (Phi) is 9.19. The van der Waals surface area contributed by atoms with Crippen molar-refractivity contribution in [2.75, 3.05) is 39.5 Å². The van der Waals surface area contributed by atoms with Crippen LogP contribution in [0.15, 0.2) is 48.9 Å². The van der Waals surface area contributed by atoms with Crippen LogP contribution in [0.25, 0.3) is 22.2 Å². The molecule has 1 aliphatic heterocycles. The van der Waals surface area contributed by atoms with Gasteiger partial charge in [-0.05, 0) is 65.9 Å². The molecule has 0 aliphatic carbocycles. The Morgan fingerprint density at radius 3 is 2.62 bits per heavy atom. The highest BCUT2D eigenvalue weighted by Crippen LogP contribution is 2.40. The molecule has 1 aromatic carbocycles. The van der Waals surface area contributed by atoms with Gasteiger partial charge in [0.1, 0.15) is 30.1 Å². The van der Waals surface area contributed by atoms with Gasteiger partial charge in [-0.25, -0.2) is 14.6 Å². The molecule has 3 aromatic heterocycles. The molecule has 1 fully saturated rings. The number of nitrogen functional groups attached to an aromatic ring is 1. The fourth-order valence-electron chi connectivity index (χ4n) is 5.41. The lowest BCUT2D eigenvalue weighted by molar-refractivity contribution is -0.157. The van der Waals surface area contributed by atoms with Gasteiger partial charge in [0.15, 0.2) is 6.73 Å². The number of benzene rings is 1. The van der Waals surface area contributed by atoms with Gasteiger partial charge in [0.25, 0.3) is 0 Å². The molecule has 13 nitrogen and oxygen atoms in total. The highest BCUT2D eigenvalue weighted by atomic mass is 16.5. The first-order valence-corrected chi connectivity index (χ1v) is 14.9. The summed E-state index contributed by atoms with van der Waals surface area (Å²) in [6.45, 7) is 9.57. The second-order valence-electron chi connectivity index (χ2n) is 12.5. The maximum absolute atomic E-state index is 12.8. The SMILES string of the molecule is Cc1c(-c2ccc(OCc3cnnn3COC(=O)C(C)(C)C)cc2)c2c(N)ncnc2n1[C@@H]1CCN(C(=O)/C=C/CN(C)C)C1. The molecule has 4 heterocycles. The summed E-state index contributed by atoms with van der Waals surface area (Å²) in [6, 6.07) is 7.80. The summed E-state index contributed by atoms with van der Waals surface area (Å²) >= 11 is 0. The van der Waals surface area contributed by atoms with E-state index in [2.05, 4.69) is 31.8 Å². The first-order chi connectivity index (χ1) is 21.4. The molecule has 0 radical (unpaired) electrons. The van der Waals surface area contributed by atoms with Crippen molar-refractivity contribution in [1.82, 2.24) is 39.3 Å². The van der Waals surface area contributed by atoms with Gasteiger partial charge in [-0.2, -0.15) is 0 Å². The van der Waals surface area contributed by atoms with E-state index >= 15 is 0 Å². The molecule has 13 heteroatoms. The number of hydrogen-bond donors (Lipinski definition) is 1. The number of anilines is 1. The van der Waals surface area contributed by atoms with Crippen LogP contribution in [0, 0.1) is 12.3 Å². The monoisotopic (exact) mass is 615 g/mol. The van der Waals surface area contributed by atoms with E-state index in [1.165, 1.54) is 11.0 Å². The normalized spacial score (nSPS) is 15.4. The Hall–Kier alpha value is -4.78. The Morgan fingerprint density at radius 1 is 1.16 bits per heavy atom. The maximum atomic E-state index is 12.8. The Balaban J connectivity index is 1.32. The summed E-state index contributed by atoms with van der Waals surface area (Å²) in [7, 11) is 3.94. The molecule has 1 atom stereocenters. The highest BCUT2D eigenvalue weighted by Gasteiger charge is 2.31. The number of amides is 1. The minimum absolute atomic E-state index is 0.0168. The van der Waals surface area contributed by atoms with Gasteiger partial charge in [-0.15, -0.1) is 5.10 Å². The lowest BCUT2D eigenvalue weighted by atomic mass is 9.98. The predicted octanol–water partition coefficient (Wildman–Crippen LogP) is 3.60. The van der Waals surface area contributed by atoms with Crippen LogP contribution in [-0.2, 0) is 27.7 Å². The number of carbonyl (C=O) groups is 2. The van der Waals surface area contributed by atoms with Crippen LogP contribution in [0.4, 0.5) is 5.82 Å². The van der Waals surface area contributed by atoms with E-state index in [1.54, 1.807) is 33.0 Å². The average molecular weight is 616 g/mol. The fourth-order valence-corrected chi connectivity index (χ4v) is 5.41. The van der Waals surface area contributed by atoms with E-state index < -0.39 is 5.41 Å². The number of carbonyl (C=O) groups excluding carboxylic acids is 2. The third-order valence-electron chi connectivity index (χ3n) is 7.79. The zero-order valence-corrected chi connectivity index (χ0v) is 26.7. The Bertz CT molecular complexity index is 1700. The van der Waals surface area contributed by atoms with Crippen molar-refractivity contribution in [2.24, 2.45) is 5.41 Å². The summed E-state index contributed by atoms with van der Waals surface area (Å²) in [5, 5.41) is 8.73. The van der Waals surface area contributed by atoms with E-state index in [0.717, 1.165) is 34.3 Å². The largest absolute Gasteiger partial charge is 0.487 e. The van der Waals surface area contributed by atoms with Crippen LogP contribution in [0.2, 0.25) is 0 Å². The average Bonchev–Trinajstić information content (AvgIpc) is 3.72. The molecule has 0 spiro atoms. The fraction of sp³-hybridized carbons (Fsp3) is 0.438. The number of likely N-dealkylation sites (tertiary alicyclic amines) is 1. The standard InChI is InChI=1S/C32H41N9O4/c1-21-27(22-9-11-25(12-10-22)44-18-24-16-36-37-40(24)20-45-31(43)32(2,3)4)28-29(33)34-19-35-30(28)41(21)23-13-15-39(17-23)26(42)8-7-14-38(5)6/h7-12,16,19,23H,13-15,17-18,20H2,1-6H3,(H2,33,34,35)/b8-7+/t23-/m1/s1. The zero-order chi connectivity index (χ0) is 32.3. The first-order valence-electron chi connectivity index (χ1n) is 14.9. The van der Waals surface area contributed by atoms with Crippen molar-refractivity contribution in [3.8, 4) is 16.9 Å². The van der Waals surface area contributed by atoms with E-state index in [0.29, 0.717) is 36.9 Å². The minimum atomic E-state index is -0.611. The van der Waals surface area contributed by atoms with Gasteiger partial charge in [-0.3, -0.25) is 9.59 Å². The number of rotatable bonds is 10. The first kappa shape index (κ1) is 31.6. The topological polar surface area (TPSA) is 147 Å². The second kappa shape index (κ2) is 13.1. The lowest BCUT2D eigenvalue weighted by Gasteiger charge is -2.18. The molecule has 0 saturated carbocycles. The molecular weight excluding hydrogens is 574 g/mol. The van der Waals surface area contributed by atoms with Gasteiger partial charge >= 0.3 is 5.97 Å². The van der Waals surface area contributed by atoms with Crippen molar-refractivity contribution in [2.45, 2.75) is 53.5 Å². The number of nitrogens with two attached hydrogens (primary N) is 1. The van der Waals surface area contributed by atoms with Crippen molar-refractivity contribution in [3.05, 3.63) is 60.3 Å². The number of hydrogen-bond acceptors (Lipinski definition) is 10. The lowest BCUT2D eigenvalue weighted by Crippen LogP contribution is -2.27. The molecule has 45 heavy (non-hydrogen) atoms. The molecule has 4 aromatic rings. The number of aromatic nitrogens is 6. The molecular formula is C32H41N9O4. The van der Waals surface area contributed by atoms with Gasteiger partial charge in [0.05, 0.1) is 28.7 Å². The summed E-state index contributed by atoms with van der Waals surface area (Å²) in [6.07, 6.45) is 7.43. The Labute approximate surface area is 262 Å². The van der Waals surface area contributed by atoms with E-state index in [9.17, 15) is 9.59 Å². The van der Waals surface area contributed by atoms with Crippen LogP contribution in [0.5, 0.6) is 5.75 Å². The van der Waals surface area contributed by atoms with E-state index in [4.69, 9.17) is 15.2 Å².